The van der Waals surface area contributed by atoms with Gasteiger partial charge in [-0.15, -0.1) is 0 Å². The third-order valence-electron chi connectivity index (χ3n) is 6.12. The van der Waals surface area contributed by atoms with Crippen molar-refractivity contribution in [1.29, 1.82) is 0 Å². The number of carbonyl (C=O) groups excluding carboxylic acids is 3. The maximum Gasteiger partial charge on any atom is 0.333 e. The Morgan fingerprint density at radius 3 is 2.44 bits per heavy atom. The zero-order valence-electron chi connectivity index (χ0n) is 19.9. The minimum atomic E-state index is -1.02. The van der Waals surface area contributed by atoms with Crippen LogP contribution in [0.15, 0.2) is 41.2 Å². The van der Waals surface area contributed by atoms with Crippen molar-refractivity contribution in [3.8, 4) is 0 Å². The number of nitrogens with zero attached hydrogens (tertiary/aromatic N) is 1. The van der Waals surface area contributed by atoms with Crippen LogP contribution in [0, 0.1) is 0 Å². The molecule has 0 radical (unpaired) electrons. The number of nitrogens with one attached hydrogen (secondary N) is 2. The van der Waals surface area contributed by atoms with Crippen LogP contribution in [0.1, 0.15) is 72.2 Å². The summed E-state index contributed by atoms with van der Waals surface area (Å²) in [6.07, 6.45) is 6.35. The van der Waals surface area contributed by atoms with Crippen LogP contribution in [0.3, 0.4) is 0 Å². The summed E-state index contributed by atoms with van der Waals surface area (Å²) in [4.78, 5) is 50.4. The lowest BCUT2D eigenvalue weighted by atomic mass is 9.95. The van der Waals surface area contributed by atoms with Crippen molar-refractivity contribution in [3.63, 3.8) is 0 Å². The van der Waals surface area contributed by atoms with Crippen LogP contribution in [-0.2, 0) is 33.7 Å². The van der Waals surface area contributed by atoms with E-state index in [1.54, 1.807) is 34.9 Å². The lowest BCUT2D eigenvalue weighted by molar-refractivity contribution is -0.143. The van der Waals surface area contributed by atoms with Gasteiger partial charge in [0.25, 0.3) is 11.5 Å². The van der Waals surface area contributed by atoms with Crippen molar-refractivity contribution in [2.75, 3.05) is 13.7 Å². The number of ether oxygens (including phenoxy) is 1. The van der Waals surface area contributed by atoms with Crippen LogP contribution >= 0.6 is 0 Å². The van der Waals surface area contributed by atoms with Gasteiger partial charge in [-0.3, -0.25) is 14.4 Å². The third kappa shape index (κ3) is 6.34. The van der Waals surface area contributed by atoms with E-state index in [4.69, 9.17) is 4.74 Å². The van der Waals surface area contributed by atoms with Gasteiger partial charge in [-0.2, -0.15) is 0 Å². The van der Waals surface area contributed by atoms with Gasteiger partial charge in [-0.05, 0) is 49.3 Å². The van der Waals surface area contributed by atoms with Crippen molar-refractivity contribution >= 4 is 17.8 Å². The van der Waals surface area contributed by atoms with Gasteiger partial charge in [0.1, 0.15) is 5.56 Å². The number of hydrogen-bond acceptors (Lipinski definition) is 5. The van der Waals surface area contributed by atoms with E-state index >= 15 is 0 Å². The molecule has 2 aromatic rings. The average Bonchev–Trinajstić information content (AvgIpc) is 2.82. The fourth-order valence-electron chi connectivity index (χ4n) is 4.39. The SMILES string of the molecule is COC(=O)C(NC(=O)c1cc2c(n(CCCNC(C)=O)c1=O)CCCCCC2)c1ccccc1. The van der Waals surface area contributed by atoms with E-state index in [1.165, 1.54) is 14.0 Å². The van der Waals surface area contributed by atoms with Crippen LogP contribution in [-0.4, -0.2) is 36.0 Å². The summed E-state index contributed by atoms with van der Waals surface area (Å²) >= 11 is 0. The Morgan fingerprint density at radius 1 is 1.06 bits per heavy atom. The van der Waals surface area contributed by atoms with Crippen molar-refractivity contribution in [2.45, 2.75) is 64.5 Å². The molecule has 2 amide bonds. The van der Waals surface area contributed by atoms with Crippen LogP contribution in [0.5, 0.6) is 0 Å². The molecule has 8 nitrogen and oxygen atoms in total. The van der Waals surface area contributed by atoms with Gasteiger partial charge >= 0.3 is 5.97 Å². The summed E-state index contributed by atoms with van der Waals surface area (Å²) in [5.41, 5.74) is 2.18. The topological polar surface area (TPSA) is 106 Å². The monoisotopic (exact) mass is 467 g/mol. The summed E-state index contributed by atoms with van der Waals surface area (Å²) < 4.78 is 6.58. The Bertz CT molecular complexity index is 1080. The number of benzene rings is 1. The van der Waals surface area contributed by atoms with Crippen LogP contribution in [0.25, 0.3) is 0 Å². The summed E-state index contributed by atoms with van der Waals surface area (Å²) in [6.45, 7) is 2.31. The second-order valence-electron chi connectivity index (χ2n) is 8.58. The molecule has 1 unspecified atom stereocenters. The van der Waals surface area contributed by atoms with Gasteiger partial charge in [-0.25, -0.2) is 4.79 Å². The normalized spacial score (nSPS) is 14.2. The molecule has 0 saturated heterocycles. The molecule has 1 heterocycles. The predicted molar refractivity (Wildman–Crippen MR) is 129 cm³/mol. The quantitative estimate of drug-likeness (QED) is 0.459. The van der Waals surface area contributed by atoms with E-state index in [0.29, 0.717) is 25.1 Å². The molecule has 1 aromatic heterocycles. The Hall–Kier alpha value is -3.42. The predicted octanol–water partition coefficient (Wildman–Crippen LogP) is 2.68. The Morgan fingerprint density at radius 2 is 1.76 bits per heavy atom. The van der Waals surface area contributed by atoms with E-state index < -0.39 is 17.9 Å². The molecular formula is C26H33N3O5. The van der Waals surface area contributed by atoms with Gasteiger partial charge in [0.2, 0.25) is 5.91 Å². The smallest absolute Gasteiger partial charge is 0.333 e. The average molecular weight is 468 g/mol. The highest BCUT2D eigenvalue weighted by atomic mass is 16.5. The number of rotatable bonds is 8. The van der Waals surface area contributed by atoms with Crippen LogP contribution in [0.2, 0.25) is 0 Å². The highest BCUT2D eigenvalue weighted by molar-refractivity contribution is 5.97. The molecule has 2 N–H and O–H groups in total. The lowest BCUT2D eigenvalue weighted by Crippen LogP contribution is -2.39. The first-order valence-corrected chi connectivity index (χ1v) is 11.9. The number of aryl methyl sites for hydroxylation is 1. The number of pyridine rings is 1. The van der Waals surface area contributed by atoms with E-state index in [1.807, 2.05) is 6.07 Å². The van der Waals surface area contributed by atoms with Crippen molar-refractivity contribution in [2.24, 2.45) is 0 Å². The van der Waals surface area contributed by atoms with Gasteiger partial charge in [0, 0.05) is 25.7 Å². The summed E-state index contributed by atoms with van der Waals surface area (Å²) in [5, 5.41) is 5.45. The highest BCUT2D eigenvalue weighted by Gasteiger charge is 2.27. The molecule has 0 fully saturated rings. The molecule has 182 valence electrons. The molecular weight excluding hydrogens is 434 g/mol. The van der Waals surface area contributed by atoms with Gasteiger partial charge in [0.05, 0.1) is 7.11 Å². The maximum atomic E-state index is 13.5. The largest absolute Gasteiger partial charge is 0.467 e. The summed E-state index contributed by atoms with van der Waals surface area (Å²) in [5.74, 6) is -1.34. The first-order valence-electron chi connectivity index (χ1n) is 11.9. The molecule has 1 aliphatic rings. The second kappa shape index (κ2) is 12.2. The standard InChI is InChI=1S/C26H33N3O5/c1-18(30)27-15-10-16-29-22-14-9-4-3-6-13-20(22)17-21(25(29)32)24(31)28-23(26(33)34-2)19-11-7-5-8-12-19/h5,7-8,11-12,17,23H,3-4,6,9-10,13-16H2,1-2H3,(H,27,30)(H,28,31). The van der Waals surface area contributed by atoms with E-state index in [9.17, 15) is 19.2 Å². The Balaban J connectivity index is 1.95. The lowest BCUT2D eigenvalue weighted by Gasteiger charge is -2.22. The van der Waals surface area contributed by atoms with Crippen molar-refractivity contribution < 1.29 is 19.1 Å². The first kappa shape index (κ1) is 25.2. The molecule has 0 aliphatic heterocycles. The Kier molecular flexibility index (Phi) is 9.01. The molecule has 0 bridgehead atoms. The summed E-state index contributed by atoms with van der Waals surface area (Å²) in [7, 11) is 1.26. The molecule has 8 heteroatoms. The number of carbonyl (C=O) groups is 3. The molecule has 0 saturated carbocycles. The number of esters is 1. The molecule has 1 atom stereocenters. The number of fused-ring (bicyclic) bond motifs is 1. The highest BCUT2D eigenvalue weighted by Crippen LogP contribution is 2.21. The molecule has 1 aromatic carbocycles. The molecule has 3 rings (SSSR count). The molecule has 0 spiro atoms. The van der Waals surface area contributed by atoms with E-state index in [2.05, 4.69) is 10.6 Å². The Labute approximate surface area is 199 Å². The number of aromatic nitrogens is 1. The van der Waals surface area contributed by atoms with E-state index in [-0.39, 0.29) is 17.0 Å². The van der Waals surface area contributed by atoms with Gasteiger partial charge in [0.15, 0.2) is 6.04 Å². The fraction of sp³-hybridized carbons (Fsp3) is 0.462. The zero-order chi connectivity index (χ0) is 24.5. The minimum absolute atomic E-state index is 0.0173. The van der Waals surface area contributed by atoms with Crippen molar-refractivity contribution in [3.05, 3.63) is 69.1 Å². The third-order valence-corrected chi connectivity index (χ3v) is 6.12. The van der Waals surface area contributed by atoms with Crippen molar-refractivity contribution in [1.82, 2.24) is 15.2 Å². The zero-order valence-corrected chi connectivity index (χ0v) is 19.9. The van der Waals surface area contributed by atoms with E-state index in [0.717, 1.165) is 49.8 Å². The van der Waals surface area contributed by atoms with Gasteiger partial charge < -0.3 is 19.9 Å². The second-order valence-corrected chi connectivity index (χ2v) is 8.58. The molecule has 1 aliphatic carbocycles. The summed E-state index contributed by atoms with van der Waals surface area (Å²) in [6, 6.07) is 9.48. The number of amides is 2. The van der Waals surface area contributed by atoms with Gasteiger partial charge in [-0.1, -0.05) is 43.2 Å². The fourth-order valence-corrected chi connectivity index (χ4v) is 4.39. The number of methoxy groups -OCH3 is 1. The first-order chi connectivity index (χ1) is 16.4. The van der Waals surface area contributed by atoms with Crippen LogP contribution < -0.4 is 16.2 Å². The molecule has 34 heavy (non-hydrogen) atoms. The minimum Gasteiger partial charge on any atom is -0.467 e. The maximum absolute atomic E-state index is 13.5. The van der Waals surface area contributed by atoms with Crippen LogP contribution in [0.4, 0.5) is 0 Å². The number of hydrogen-bond donors (Lipinski definition) is 2.